The molecule has 0 aromatic heterocycles. The summed E-state index contributed by atoms with van der Waals surface area (Å²) in [6, 6.07) is 12.9. The molecule has 0 spiro atoms. The van der Waals surface area contributed by atoms with Gasteiger partial charge in [-0.15, -0.1) is 0 Å². The zero-order valence-corrected chi connectivity index (χ0v) is 15.9. The first kappa shape index (κ1) is 20.4. The van der Waals surface area contributed by atoms with Crippen LogP contribution in [0.3, 0.4) is 0 Å². The van der Waals surface area contributed by atoms with E-state index >= 15 is 0 Å². The number of amides is 2. The predicted molar refractivity (Wildman–Crippen MR) is 102 cm³/mol. The lowest BCUT2D eigenvalue weighted by molar-refractivity contribution is -0.140. The quantitative estimate of drug-likeness (QED) is 0.775. The number of nitrogens with zero attached hydrogens (tertiary/aromatic N) is 1. The third-order valence-electron chi connectivity index (χ3n) is 4.42. The van der Waals surface area contributed by atoms with Crippen molar-refractivity contribution >= 4 is 11.8 Å². The van der Waals surface area contributed by atoms with Crippen molar-refractivity contribution in [1.82, 2.24) is 10.2 Å². The molecule has 0 radical (unpaired) electrons. The molecule has 0 unspecified atom stereocenters. The number of rotatable bonds is 8. The van der Waals surface area contributed by atoms with Crippen molar-refractivity contribution in [2.45, 2.75) is 32.4 Å². The van der Waals surface area contributed by atoms with E-state index in [1.807, 2.05) is 31.2 Å². The number of halogens is 1. The van der Waals surface area contributed by atoms with Gasteiger partial charge in [0, 0.05) is 13.6 Å². The summed E-state index contributed by atoms with van der Waals surface area (Å²) in [5, 5.41) is 2.60. The van der Waals surface area contributed by atoms with E-state index in [9.17, 15) is 14.0 Å². The Morgan fingerprint density at radius 2 is 1.93 bits per heavy atom. The average molecular weight is 372 g/mol. The van der Waals surface area contributed by atoms with Gasteiger partial charge < -0.3 is 15.0 Å². The molecule has 0 heterocycles. The Hall–Kier alpha value is -2.89. The van der Waals surface area contributed by atoms with E-state index in [1.165, 1.54) is 18.0 Å². The fourth-order valence-electron chi connectivity index (χ4n) is 2.96. The predicted octanol–water partition coefficient (Wildman–Crippen LogP) is 2.93. The molecule has 6 heteroatoms. The summed E-state index contributed by atoms with van der Waals surface area (Å²) in [7, 11) is 3.11. The van der Waals surface area contributed by atoms with Gasteiger partial charge in [0.15, 0.2) is 0 Å². The number of benzene rings is 2. The number of ether oxygens (including phenoxy) is 1. The summed E-state index contributed by atoms with van der Waals surface area (Å²) in [4.78, 5) is 26.8. The molecular formula is C21H25FN2O3. The second-order valence-corrected chi connectivity index (χ2v) is 6.18. The van der Waals surface area contributed by atoms with Gasteiger partial charge >= 0.3 is 0 Å². The summed E-state index contributed by atoms with van der Waals surface area (Å²) in [6.45, 7) is 2.07. The molecule has 0 aliphatic heterocycles. The van der Waals surface area contributed by atoms with Gasteiger partial charge in [-0.1, -0.05) is 37.3 Å². The fourth-order valence-corrected chi connectivity index (χ4v) is 2.96. The Morgan fingerprint density at radius 1 is 1.19 bits per heavy atom. The van der Waals surface area contributed by atoms with Gasteiger partial charge in [0.1, 0.15) is 17.6 Å². The largest absolute Gasteiger partial charge is 0.497 e. The van der Waals surface area contributed by atoms with E-state index in [4.69, 9.17) is 4.74 Å². The molecule has 2 aromatic carbocycles. The third kappa shape index (κ3) is 5.29. The van der Waals surface area contributed by atoms with Gasteiger partial charge in [-0.2, -0.15) is 0 Å². The number of methoxy groups -OCH3 is 1. The molecule has 0 fully saturated rings. The van der Waals surface area contributed by atoms with Gasteiger partial charge in [-0.05, 0) is 35.7 Å². The van der Waals surface area contributed by atoms with Crippen molar-refractivity contribution < 1.29 is 18.7 Å². The van der Waals surface area contributed by atoms with Crippen LogP contribution in [0.2, 0.25) is 0 Å². The minimum Gasteiger partial charge on any atom is -0.497 e. The summed E-state index contributed by atoms with van der Waals surface area (Å²) in [5.74, 6) is -0.317. The zero-order chi connectivity index (χ0) is 19.8. The maximum Gasteiger partial charge on any atom is 0.242 e. The second kappa shape index (κ2) is 9.71. The van der Waals surface area contributed by atoms with Crippen LogP contribution in [0, 0.1) is 5.82 Å². The van der Waals surface area contributed by atoms with E-state index in [0.717, 1.165) is 5.56 Å². The Labute approximate surface area is 159 Å². The number of carbonyl (C=O) groups is 2. The molecule has 144 valence electrons. The van der Waals surface area contributed by atoms with E-state index in [0.29, 0.717) is 17.7 Å². The number of nitrogens with one attached hydrogen (secondary N) is 1. The van der Waals surface area contributed by atoms with E-state index in [2.05, 4.69) is 5.32 Å². The van der Waals surface area contributed by atoms with Gasteiger partial charge in [-0.3, -0.25) is 9.59 Å². The maximum atomic E-state index is 14.0. The molecule has 0 aliphatic carbocycles. The van der Waals surface area contributed by atoms with Crippen LogP contribution in [0.5, 0.6) is 5.75 Å². The van der Waals surface area contributed by atoms with Crippen LogP contribution in [0.25, 0.3) is 0 Å². The van der Waals surface area contributed by atoms with Crippen molar-refractivity contribution in [2.75, 3.05) is 14.2 Å². The summed E-state index contributed by atoms with van der Waals surface area (Å²) < 4.78 is 19.2. The van der Waals surface area contributed by atoms with Crippen molar-refractivity contribution in [3.05, 3.63) is 65.5 Å². The Bertz CT molecular complexity index is 795. The molecule has 2 aromatic rings. The molecule has 5 nitrogen and oxygen atoms in total. The third-order valence-corrected chi connectivity index (χ3v) is 4.42. The van der Waals surface area contributed by atoms with E-state index < -0.39 is 11.9 Å². The molecule has 2 amide bonds. The highest BCUT2D eigenvalue weighted by molar-refractivity contribution is 5.88. The normalized spacial score (nSPS) is 11.6. The zero-order valence-electron chi connectivity index (χ0n) is 15.9. The Kier molecular flexibility index (Phi) is 7.34. The molecule has 27 heavy (non-hydrogen) atoms. The summed E-state index contributed by atoms with van der Waals surface area (Å²) >= 11 is 0. The molecule has 2 rings (SSSR count). The minimum absolute atomic E-state index is 0.107. The van der Waals surface area contributed by atoms with Gasteiger partial charge in [0.25, 0.3) is 0 Å². The number of carbonyl (C=O) groups excluding carboxylic acids is 2. The van der Waals surface area contributed by atoms with Gasteiger partial charge in [0.05, 0.1) is 13.5 Å². The average Bonchev–Trinajstić information content (AvgIpc) is 2.69. The molecule has 0 aliphatic rings. The first-order valence-corrected chi connectivity index (χ1v) is 8.87. The monoisotopic (exact) mass is 372 g/mol. The SMILES string of the molecule is CC[C@H](C(=O)NC)N(Cc1cccc(OC)c1)C(=O)Cc1ccccc1F. The molecule has 0 bridgehead atoms. The highest BCUT2D eigenvalue weighted by Crippen LogP contribution is 2.19. The van der Waals surface area contributed by atoms with Crippen LogP contribution in [0.15, 0.2) is 48.5 Å². The van der Waals surface area contributed by atoms with Crippen LogP contribution >= 0.6 is 0 Å². The minimum atomic E-state index is -0.638. The molecule has 0 saturated carbocycles. The van der Waals surface area contributed by atoms with Crippen molar-refractivity contribution in [2.24, 2.45) is 0 Å². The highest BCUT2D eigenvalue weighted by atomic mass is 19.1. The Morgan fingerprint density at radius 3 is 2.56 bits per heavy atom. The smallest absolute Gasteiger partial charge is 0.242 e. The first-order chi connectivity index (χ1) is 13.0. The lowest BCUT2D eigenvalue weighted by Crippen LogP contribution is -2.48. The molecule has 1 N–H and O–H groups in total. The molecule has 0 saturated heterocycles. The fraction of sp³-hybridized carbons (Fsp3) is 0.333. The van der Waals surface area contributed by atoms with E-state index in [-0.39, 0.29) is 24.8 Å². The maximum absolute atomic E-state index is 14.0. The number of likely N-dealkylation sites (N-methyl/N-ethyl adjacent to an activating group) is 1. The van der Waals surface area contributed by atoms with Crippen molar-refractivity contribution in [1.29, 1.82) is 0 Å². The lowest BCUT2D eigenvalue weighted by atomic mass is 10.1. The Balaban J connectivity index is 2.31. The second-order valence-electron chi connectivity index (χ2n) is 6.18. The molecule has 1 atom stereocenters. The van der Waals surface area contributed by atoms with Crippen LogP contribution < -0.4 is 10.1 Å². The van der Waals surface area contributed by atoms with Crippen LogP contribution in [-0.2, 0) is 22.6 Å². The number of hydrogen-bond acceptors (Lipinski definition) is 3. The van der Waals surface area contributed by atoms with Gasteiger partial charge in [-0.25, -0.2) is 4.39 Å². The first-order valence-electron chi connectivity index (χ1n) is 8.87. The standard InChI is InChI=1S/C21H25FN2O3/c1-4-19(21(26)23-2)24(14-15-8-7-10-17(12-15)27-3)20(25)13-16-9-5-6-11-18(16)22/h5-12,19H,4,13-14H2,1-3H3,(H,23,26)/t19-/m1/s1. The highest BCUT2D eigenvalue weighted by Gasteiger charge is 2.28. The topological polar surface area (TPSA) is 58.6 Å². The van der Waals surface area contributed by atoms with Crippen LogP contribution in [0.1, 0.15) is 24.5 Å². The van der Waals surface area contributed by atoms with E-state index in [1.54, 1.807) is 25.3 Å². The van der Waals surface area contributed by atoms with Crippen LogP contribution in [0.4, 0.5) is 4.39 Å². The van der Waals surface area contributed by atoms with Crippen molar-refractivity contribution in [3.8, 4) is 5.75 Å². The summed E-state index contributed by atoms with van der Waals surface area (Å²) in [6.07, 6.45) is 0.344. The van der Waals surface area contributed by atoms with Gasteiger partial charge in [0.2, 0.25) is 11.8 Å². The summed E-state index contributed by atoms with van der Waals surface area (Å²) in [5.41, 5.74) is 1.14. The molecular weight excluding hydrogens is 347 g/mol. The number of hydrogen-bond donors (Lipinski definition) is 1. The lowest BCUT2D eigenvalue weighted by Gasteiger charge is -2.30. The van der Waals surface area contributed by atoms with Crippen molar-refractivity contribution in [3.63, 3.8) is 0 Å². The van der Waals surface area contributed by atoms with Crippen LogP contribution in [-0.4, -0.2) is 36.9 Å².